The van der Waals surface area contributed by atoms with Crippen LogP contribution in [-0.2, 0) is 32.4 Å². The lowest BCUT2D eigenvalue weighted by Crippen LogP contribution is -2.40. The zero-order chi connectivity index (χ0) is 30.6. The molecule has 1 fully saturated rings. The molecule has 0 saturated carbocycles. The third kappa shape index (κ3) is 7.19. The second-order valence-electron chi connectivity index (χ2n) is 10.5. The van der Waals surface area contributed by atoms with Crippen LogP contribution in [-0.4, -0.2) is 106 Å². The molecule has 1 amide bonds. The van der Waals surface area contributed by atoms with Crippen molar-refractivity contribution in [2.24, 2.45) is 0 Å². The number of sulfonamides is 1. The van der Waals surface area contributed by atoms with Gasteiger partial charge >= 0.3 is 0 Å². The van der Waals surface area contributed by atoms with E-state index in [0.717, 1.165) is 31.5 Å². The SMILES string of the molecule is COc1cc2c(cc1Nc1ncc(Cl)c(Nc3ccccc3S(=O)(=O)N3CCOCC3)n1)CCN(CC(=O)N(C)C)CC2. The minimum atomic E-state index is -3.77. The van der Waals surface area contributed by atoms with E-state index >= 15 is 0 Å². The summed E-state index contributed by atoms with van der Waals surface area (Å²) in [6, 6.07) is 10.7. The Hall–Kier alpha value is -3.49. The largest absolute Gasteiger partial charge is 0.495 e. The summed E-state index contributed by atoms with van der Waals surface area (Å²) < 4.78 is 39.3. The number of methoxy groups -OCH3 is 1. The molecule has 2 N–H and O–H groups in total. The molecule has 1 aromatic heterocycles. The minimum Gasteiger partial charge on any atom is -0.495 e. The van der Waals surface area contributed by atoms with Gasteiger partial charge in [0.25, 0.3) is 0 Å². The van der Waals surface area contributed by atoms with Crippen LogP contribution in [0.3, 0.4) is 0 Å². The van der Waals surface area contributed by atoms with Crippen LogP contribution < -0.4 is 15.4 Å². The molecule has 2 aliphatic heterocycles. The molecule has 0 aliphatic carbocycles. The fraction of sp³-hybridized carbons (Fsp3) is 0.414. The van der Waals surface area contributed by atoms with Gasteiger partial charge in [0.2, 0.25) is 21.9 Å². The van der Waals surface area contributed by atoms with Crippen molar-refractivity contribution in [1.82, 2.24) is 24.1 Å². The van der Waals surface area contributed by atoms with Crippen molar-refractivity contribution in [3.63, 3.8) is 0 Å². The first-order valence-electron chi connectivity index (χ1n) is 14.0. The van der Waals surface area contributed by atoms with E-state index in [9.17, 15) is 13.2 Å². The molecule has 5 rings (SSSR count). The fourth-order valence-corrected chi connectivity index (χ4v) is 6.74. The van der Waals surface area contributed by atoms with Crippen molar-refractivity contribution in [3.8, 4) is 5.75 Å². The van der Waals surface area contributed by atoms with Crippen molar-refractivity contribution >= 4 is 50.7 Å². The molecule has 0 radical (unpaired) electrons. The number of benzene rings is 2. The third-order valence-corrected chi connectivity index (χ3v) is 9.73. The highest BCUT2D eigenvalue weighted by molar-refractivity contribution is 7.89. The second kappa shape index (κ2) is 13.4. The number of nitrogens with zero attached hydrogens (tertiary/aromatic N) is 5. The van der Waals surface area contributed by atoms with E-state index in [-0.39, 0.29) is 40.7 Å². The van der Waals surface area contributed by atoms with Gasteiger partial charge in [-0.05, 0) is 48.2 Å². The number of hydrogen-bond acceptors (Lipinski definition) is 10. The molecule has 2 aromatic carbocycles. The average Bonchev–Trinajstić information content (AvgIpc) is 3.20. The maximum absolute atomic E-state index is 13.4. The topological polar surface area (TPSA) is 129 Å². The van der Waals surface area contributed by atoms with E-state index in [4.69, 9.17) is 21.1 Å². The van der Waals surface area contributed by atoms with Crippen molar-refractivity contribution in [3.05, 3.63) is 58.7 Å². The summed E-state index contributed by atoms with van der Waals surface area (Å²) in [5.74, 6) is 1.22. The molecule has 2 aliphatic rings. The summed E-state index contributed by atoms with van der Waals surface area (Å²) in [5, 5.41) is 6.57. The Bertz CT molecular complexity index is 1580. The van der Waals surface area contributed by atoms with Crippen molar-refractivity contribution in [1.29, 1.82) is 0 Å². The Morgan fingerprint density at radius 3 is 2.44 bits per heavy atom. The Morgan fingerprint density at radius 1 is 1.05 bits per heavy atom. The third-order valence-electron chi connectivity index (χ3n) is 7.49. The highest BCUT2D eigenvalue weighted by Gasteiger charge is 2.29. The van der Waals surface area contributed by atoms with Gasteiger partial charge in [0, 0.05) is 40.3 Å². The molecule has 12 nitrogen and oxygen atoms in total. The number of para-hydroxylation sites is 1. The Morgan fingerprint density at radius 2 is 1.74 bits per heavy atom. The first-order chi connectivity index (χ1) is 20.7. The van der Waals surface area contributed by atoms with Crippen LogP contribution in [0.4, 0.5) is 23.1 Å². The molecule has 3 aromatic rings. The summed E-state index contributed by atoms with van der Waals surface area (Å²) in [7, 11) is 1.37. The number of rotatable bonds is 9. The fourth-order valence-electron chi connectivity index (χ4n) is 5.04. The van der Waals surface area contributed by atoms with Gasteiger partial charge in [0.1, 0.15) is 15.7 Å². The van der Waals surface area contributed by atoms with E-state index < -0.39 is 10.0 Å². The van der Waals surface area contributed by atoms with Gasteiger partial charge in [0.15, 0.2) is 5.82 Å². The summed E-state index contributed by atoms with van der Waals surface area (Å²) >= 11 is 6.46. The van der Waals surface area contributed by atoms with Crippen molar-refractivity contribution < 1.29 is 22.7 Å². The average molecular weight is 630 g/mol. The Balaban J connectivity index is 1.37. The van der Waals surface area contributed by atoms with Gasteiger partial charge in [-0.3, -0.25) is 9.69 Å². The Kier molecular flexibility index (Phi) is 9.67. The van der Waals surface area contributed by atoms with E-state index in [1.807, 2.05) is 12.1 Å². The number of halogens is 1. The highest BCUT2D eigenvalue weighted by Crippen LogP contribution is 2.34. The summed E-state index contributed by atoms with van der Waals surface area (Å²) in [4.78, 5) is 25.1. The summed E-state index contributed by atoms with van der Waals surface area (Å²) in [6.07, 6.45) is 3.02. The molecular weight excluding hydrogens is 594 g/mol. The van der Waals surface area contributed by atoms with E-state index in [2.05, 4.69) is 25.5 Å². The molecule has 0 spiro atoms. The van der Waals surface area contributed by atoms with Crippen LogP contribution in [0, 0.1) is 0 Å². The van der Waals surface area contributed by atoms with Crippen LogP contribution in [0.15, 0.2) is 47.5 Å². The predicted octanol–water partition coefficient (Wildman–Crippen LogP) is 3.14. The quantitative estimate of drug-likeness (QED) is 0.364. The molecule has 0 bridgehead atoms. The number of anilines is 4. The zero-order valence-electron chi connectivity index (χ0n) is 24.5. The normalized spacial score (nSPS) is 16.2. The second-order valence-corrected chi connectivity index (χ2v) is 12.9. The van der Waals surface area contributed by atoms with Gasteiger partial charge in [-0.1, -0.05) is 23.7 Å². The lowest BCUT2D eigenvalue weighted by molar-refractivity contribution is -0.129. The number of likely N-dealkylation sites (N-methyl/N-ethyl adjacent to an activating group) is 1. The van der Waals surface area contributed by atoms with Gasteiger partial charge in [-0.2, -0.15) is 9.29 Å². The van der Waals surface area contributed by atoms with Crippen LogP contribution in [0.5, 0.6) is 5.75 Å². The molecule has 3 heterocycles. The minimum absolute atomic E-state index is 0.0801. The smallest absolute Gasteiger partial charge is 0.245 e. The molecule has 1 saturated heterocycles. The maximum atomic E-state index is 13.4. The van der Waals surface area contributed by atoms with Crippen LogP contribution in [0.25, 0.3) is 0 Å². The molecule has 230 valence electrons. The number of hydrogen-bond donors (Lipinski definition) is 2. The number of ether oxygens (including phenoxy) is 2. The Labute approximate surface area is 257 Å². The first kappa shape index (κ1) is 31.0. The predicted molar refractivity (Wildman–Crippen MR) is 165 cm³/mol. The number of amides is 1. The standard InChI is InChI=1S/C29H36ClN7O5S/c1-35(2)27(38)19-36-10-8-20-16-24(25(41-3)17-21(20)9-11-36)33-29-31-18-22(30)28(34-29)32-23-6-4-5-7-26(23)43(39,40)37-12-14-42-15-13-37/h4-7,16-18H,8-15,19H2,1-3H3,(H2,31,32,33,34). The van der Waals surface area contributed by atoms with Crippen molar-refractivity contribution in [2.75, 3.05) is 77.8 Å². The van der Waals surface area contributed by atoms with Crippen LogP contribution >= 0.6 is 11.6 Å². The van der Waals surface area contributed by atoms with E-state index in [1.54, 1.807) is 50.4 Å². The molecular formula is C29H36ClN7O5S. The number of carbonyl (C=O) groups excluding carboxylic acids is 1. The van der Waals surface area contributed by atoms with Gasteiger partial charge in [-0.25, -0.2) is 13.4 Å². The molecule has 43 heavy (non-hydrogen) atoms. The van der Waals surface area contributed by atoms with Crippen LogP contribution in [0.1, 0.15) is 11.1 Å². The van der Waals surface area contributed by atoms with E-state index in [1.165, 1.54) is 16.1 Å². The maximum Gasteiger partial charge on any atom is 0.245 e. The lowest BCUT2D eigenvalue weighted by atomic mass is 10.0. The molecule has 0 unspecified atom stereocenters. The number of fused-ring (bicyclic) bond motifs is 1. The van der Waals surface area contributed by atoms with Crippen LogP contribution in [0.2, 0.25) is 5.02 Å². The first-order valence-corrected chi connectivity index (χ1v) is 15.8. The summed E-state index contributed by atoms with van der Waals surface area (Å²) in [5.41, 5.74) is 3.35. The zero-order valence-corrected chi connectivity index (χ0v) is 26.0. The molecule has 14 heteroatoms. The summed E-state index contributed by atoms with van der Waals surface area (Å²) in [6.45, 7) is 3.19. The van der Waals surface area contributed by atoms with Gasteiger partial charge in [0.05, 0.1) is 44.4 Å². The van der Waals surface area contributed by atoms with Crippen molar-refractivity contribution in [2.45, 2.75) is 17.7 Å². The number of aromatic nitrogens is 2. The van der Waals surface area contributed by atoms with Gasteiger partial charge in [-0.15, -0.1) is 0 Å². The lowest BCUT2D eigenvalue weighted by Gasteiger charge is -2.27. The van der Waals surface area contributed by atoms with E-state index in [0.29, 0.717) is 36.9 Å². The number of carbonyl (C=O) groups is 1. The monoisotopic (exact) mass is 629 g/mol. The number of nitrogens with one attached hydrogen (secondary N) is 2. The molecule has 0 atom stereocenters. The highest BCUT2D eigenvalue weighted by atomic mass is 35.5. The van der Waals surface area contributed by atoms with Gasteiger partial charge < -0.3 is 25.0 Å². The number of morpholine rings is 1.